The molecule has 0 spiro atoms. The van der Waals surface area contributed by atoms with Gasteiger partial charge in [-0.15, -0.1) is 0 Å². The van der Waals surface area contributed by atoms with E-state index in [9.17, 15) is 5.11 Å². The Morgan fingerprint density at radius 3 is 2.58 bits per heavy atom. The van der Waals surface area contributed by atoms with Crippen LogP contribution in [0.1, 0.15) is 30.7 Å². The molecule has 24 heavy (non-hydrogen) atoms. The van der Waals surface area contributed by atoms with Crippen LogP contribution < -0.4 is 10.6 Å². The zero-order valence-electron chi connectivity index (χ0n) is 14.6. The Kier molecular flexibility index (Phi) is 6.32. The molecule has 0 radical (unpaired) electrons. The number of hydrogen-bond donors (Lipinski definition) is 3. The lowest BCUT2D eigenvalue weighted by Crippen LogP contribution is -2.44. The third-order valence-electron chi connectivity index (χ3n) is 3.84. The summed E-state index contributed by atoms with van der Waals surface area (Å²) in [6.45, 7) is 7.44. The van der Waals surface area contributed by atoms with Crippen LogP contribution in [-0.2, 0) is 12.1 Å². The van der Waals surface area contributed by atoms with Gasteiger partial charge in [-0.25, -0.2) is 4.99 Å². The number of benzene rings is 1. The van der Waals surface area contributed by atoms with Gasteiger partial charge in [0.2, 0.25) is 0 Å². The molecule has 2 aromatic rings. The highest BCUT2D eigenvalue weighted by atomic mass is 16.3. The van der Waals surface area contributed by atoms with Crippen molar-refractivity contribution in [1.82, 2.24) is 15.6 Å². The van der Waals surface area contributed by atoms with Gasteiger partial charge in [0.25, 0.3) is 0 Å². The van der Waals surface area contributed by atoms with E-state index in [4.69, 9.17) is 0 Å². The fourth-order valence-corrected chi connectivity index (χ4v) is 2.33. The van der Waals surface area contributed by atoms with Gasteiger partial charge in [0, 0.05) is 12.7 Å². The Bertz CT molecular complexity index is 668. The van der Waals surface area contributed by atoms with Gasteiger partial charge in [-0.2, -0.15) is 0 Å². The van der Waals surface area contributed by atoms with Crippen LogP contribution >= 0.6 is 0 Å². The Balaban J connectivity index is 2.03. The van der Waals surface area contributed by atoms with E-state index in [1.54, 1.807) is 13.1 Å². The molecule has 1 atom stereocenters. The minimum Gasteiger partial charge on any atom is -0.384 e. The number of hydrogen-bond acceptors (Lipinski definition) is 3. The molecule has 0 aliphatic rings. The van der Waals surface area contributed by atoms with E-state index in [0.29, 0.717) is 19.0 Å². The predicted octanol–water partition coefficient (Wildman–Crippen LogP) is 2.35. The first-order valence-electron chi connectivity index (χ1n) is 8.23. The van der Waals surface area contributed by atoms with Crippen molar-refractivity contribution in [2.75, 3.05) is 13.1 Å². The molecular formula is C19H26N4O. The van der Waals surface area contributed by atoms with Gasteiger partial charge < -0.3 is 15.7 Å². The van der Waals surface area contributed by atoms with E-state index in [1.807, 2.05) is 56.3 Å². The third-order valence-corrected chi connectivity index (χ3v) is 3.84. The fourth-order valence-electron chi connectivity index (χ4n) is 2.33. The molecule has 5 heteroatoms. The molecule has 1 aromatic heterocycles. The van der Waals surface area contributed by atoms with Gasteiger partial charge in [0.1, 0.15) is 5.60 Å². The molecule has 0 saturated heterocycles. The number of aromatic nitrogens is 1. The average Bonchev–Trinajstić information content (AvgIpc) is 2.59. The van der Waals surface area contributed by atoms with E-state index >= 15 is 0 Å². The third kappa shape index (κ3) is 5.06. The number of guanidine groups is 1. The summed E-state index contributed by atoms with van der Waals surface area (Å²) in [6, 6.07) is 13.6. The maximum atomic E-state index is 10.7. The summed E-state index contributed by atoms with van der Waals surface area (Å²) in [6.07, 6.45) is 1.78. The molecule has 1 unspecified atom stereocenters. The van der Waals surface area contributed by atoms with Crippen LogP contribution in [-0.4, -0.2) is 29.1 Å². The van der Waals surface area contributed by atoms with Gasteiger partial charge >= 0.3 is 0 Å². The molecule has 0 aliphatic heterocycles. The molecule has 0 fully saturated rings. The smallest absolute Gasteiger partial charge is 0.191 e. The fraction of sp³-hybridized carbons (Fsp3) is 0.368. The molecule has 128 valence electrons. The summed E-state index contributed by atoms with van der Waals surface area (Å²) in [5, 5.41) is 17.1. The van der Waals surface area contributed by atoms with Crippen molar-refractivity contribution in [3.63, 3.8) is 0 Å². The molecule has 1 aromatic carbocycles. The molecule has 1 heterocycles. The van der Waals surface area contributed by atoms with E-state index in [2.05, 4.69) is 20.6 Å². The minimum atomic E-state index is -0.974. The predicted molar refractivity (Wildman–Crippen MR) is 97.8 cm³/mol. The molecule has 0 aliphatic carbocycles. The van der Waals surface area contributed by atoms with Crippen molar-refractivity contribution in [3.8, 4) is 0 Å². The maximum absolute atomic E-state index is 10.7. The van der Waals surface area contributed by atoms with Crippen molar-refractivity contribution in [3.05, 3.63) is 65.5 Å². The molecular weight excluding hydrogens is 300 g/mol. The van der Waals surface area contributed by atoms with Crippen LogP contribution in [0.2, 0.25) is 0 Å². The van der Waals surface area contributed by atoms with E-state index in [1.165, 1.54) is 0 Å². The van der Waals surface area contributed by atoms with Crippen molar-refractivity contribution >= 4 is 5.96 Å². The van der Waals surface area contributed by atoms with E-state index in [-0.39, 0.29) is 0 Å². The number of rotatable bonds is 6. The second kappa shape index (κ2) is 8.45. The maximum Gasteiger partial charge on any atom is 0.191 e. The number of aryl methyl sites for hydroxylation is 1. The summed E-state index contributed by atoms with van der Waals surface area (Å²) >= 11 is 0. The zero-order valence-corrected chi connectivity index (χ0v) is 14.6. The van der Waals surface area contributed by atoms with Crippen LogP contribution in [0.25, 0.3) is 0 Å². The monoisotopic (exact) mass is 326 g/mol. The van der Waals surface area contributed by atoms with Crippen LogP contribution in [0.3, 0.4) is 0 Å². The first-order valence-corrected chi connectivity index (χ1v) is 8.23. The number of nitrogens with one attached hydrogen (secondary N) is 2. The highest BCUT2D eigenvalue weighted by molar-refractivity contribution is 5.79. The zero-order chi connectivity index (χ0) is 17.4. The Hall–Kier alpha value is -2.40. The summed E-state index contributed by atoms with van der Waals surface area (Å²) in [7, 11) is 0. The number of aliphatic hydroxyl groups is 1. The molecule has 3 N–H and O–H groups in total. The van der Waals surface area contributed by atoms with Gasteiger partial charge in [0.05, 0.1) is 18.8 Å². The Morgan fingerprint density at radius 1 is 1.17 bits per heavy atom. The quantitative estimate of drug-likeness (QED) is 0.563. The Labute approximate surface area is 143 Å². The normalized spacial score (nSPS) is 14.1. The topological polar surface area (TPSA) is 69.5 Å². The molecule has 0 bridgehead atoms. The minimum absolute atomic E-state index is 0.365. The summed E-state index contributed by atoms with van der Waals surface area (Å²) in [5.74, 6) is 0.666. The second-order valence-corrected chi connectivity index (χ2v) is 5.96. The van der Waals surface area contributed by atoms with Crippen molar-refractivity contribution in [2.45, 2.75) is 32.9 Å². The lowest BCUT2D eigenvalue weighted by molar-refractivity contribution is 0.0617. The van der Waals surface area contributed by atoms with Crippen molar-refractivity contribution < 1.29 is 5.11 Å². The van der Waals surface area contributed by atoms with Gasteiger partial charge in [0.15, 0.2) is 5.96 Å². The summed E-state index contributed by atoms with van der Waals surface area (Å²) in [4.78, 5) is 8.92. The summed E-state index contributed by atoms with van der Waals surface area (Å²) < 4.78 is 0. The SMILES string of the molecule is CCNC(=NCc1ncccc1C)NCC(C)(O)c1ccccc1. The molecule has 5 nitrogen and oxygen atoms in total. The van der Waals surface area contributed by atoms with Crippen LogP contribution in [0.4, 0.5) is 0 Å². The van der Waals surface area contributed by atoms with E-state index < -0.39 is 5.60 Å². The van der Waals surface area contributed by atoms with Gasteiger partial charge in [-0.3, -0.25) is 4.98 Å². The molecule has 0 amide bonds. The average molecular weight is 326 g/mol. The molecule has 2 rings (SSSR count). The first kappa shape index (κ1) is 17.9. The lowest BCUT2D eigenvalue weighted by atomic mass is 9.96. The highest BCUT2D eigenvalue weighted by Gasteiger charge is 2.22. The van der Waals surface area contributed by atoms with Crippen molar-refractivity contribution in [1.29, 1.82) is 0 Å². The van der Waals surface area contributed by atoms with Crippen LogP contribution in [0.5, 0.6) is 0 Å². The lowest BCUT2D eigenvalue weighted by Gasteiger charge is -2.25. The largest absolute Gasteiger partial charge is 0.384 e. The summed E-state index contributed by atoms with van der Waals surface area (Å²) in [5.41, 5.74) is 1.96. The number of nitrogens with zero attached hydrogens (tertiary/aromatic N) is 2. The van der Waals surface area contributed by atoms with Crippen LogP contribution in [0.15, 0.2) is 53.7 Å². The standard InChI is InChI=1S/C19H26N4O/c1-4-20-18(22-13-17-15(2)9-8-12-21-17)23-14-19(3,24)16-10-6-5-7-11-16/h5-12,24H,4,13-14H2,1-3H3,(H2,20,22,23). The van der Waals surface area contributed by atoms with E-state index in [0.717, 1.165) is 23.4 Å². The highest BCUT2D eigenvalue weighted by Crippen LogP contribution is 2.18. The number of pyridine rings is 1. The Morgan fingerprint density at radius 2 is 1.92 bits per heavy atom. The second-order valence-electron chi connectivity index (χ2n) is 5.96. The van der Waals surface area contributed by atoms with Crippen LogP contribution in [0, 0.1) is 6.92 Å². The van der Waals surface area contributed by atoms with Gasteiger partial charge in [-0.05, 0) is 38.0 Å². The van der Waals surface area contributed by atoms with Gasteiger partial charge in [-0.1, -0.05) is 36.4 Å². The first-order chi connectivity index (χ1) is 11.5. The molecule has 0 saturated carbocycles. The number of aliphatic imine (C=N–C) groups is 1. The van der Waals surface area contributed by atoms with Crippen molar-refractivity contribution in [2.24, 2.45) is 4.99 Å².